The molecule has 0 aliphatic carbocycles. The van der Waals surface area contributed by atoms with Crippen LogP contribution >= 0.6 is 0 Å². The Kier molecular flexibility index (Phi) is 5.07. The highest BCUT2D eigenvalue weighted by Gasteiger charge is 2.04. The molecule has 84 valence electrons. The molecule has 0 aliphatic rings. The average molecular weight is 209 g/mol. The zero-order valence-corrected chi connectivity index (χ0v) is 9.42. The number of hydrogen-bond acceptors (Lipinski definition) is 3. The van der Waals surface area contributed by atoms with Crippen molar-refractivity contribution in [3.63, 3.8) is 0 Å². The quantitative estimate of drug-likeness (QED) is 0.530. The van der Waals surface area contributed by atoms with Gasteiger partial charge < -0.3 is 10.1 Å². The first-order valence-corrected chi connectivity index (χ1v) is 5.15. The van der Waals surface area contributed by atoms with Gasteiger partial charge in [-0.1, -0.05) is 12.2 Å². The first kappa shape index (κ1) is 11.9. The van der Waals surface area contributed by atoms with Crippen molar-refractivity contribution in [1.82, 2.24) is 15.5 Å². The highest BCUT2D eigenvalue weighted by Crippen LogP contribution is 2.06. The van der Waals surface area contributed by atoms with Crippen LogP contribution in [0.25, 0.3) is 0 Å². The minimum Gasteiger partial charge on any atom is -0.376 e. The van der Waals surface area contributed by atoms with E-state index in [4.69, 9.17) is 4.74 Å². The van der Waals surface area contributed by atoms with Crippen LogP contribution in [0.3, 0.4) is 0 Å². The molecule has 0 radical (unpaired) electrons. The van der Waals surface area contributed by atoms with Crippen molar-refractivity contribution in [3.05, 3.63) is 30.1 Å². The van der Waals surface area contributed by atoms with Crippen molar-refractivity contribution in [1.29, 1.82) is 0 Å². The molecule has 0 saturated heterocycles. The summed E-state index contributed by atoms with van der Waals surface area (Å²) in [6.07, 6.45) is 1.76. The maximum Gasteiger partial charge on any atom is 0.0672 e. The lowest BCUT2D eigenvalue weighted by atomic mass is 10.2. The Morgan fingerprint density at radius 1 is 1.73 bits per heavy atom. The van der Waals surface area contributed by atoms with Crippen LogP contribution in [0.2, 0.25) is 0 Å². The molecule has 0 saturated carbocycles. The van der Waals surface area contributed by atoms with Crippen molar-refractivity contribution in [2.45, 2.75) is 19.9 Å². The van der Waals surface area contributed by atoms with Crippen molar-refractivity contribution in [2.24, 2.45) is 0 Å². The monoisotopic (exact) mass is 209 g/mol. The van der Waals surface area contributed by atoms with Crippen molar-refractivity contribution in [3.8, 4) is 0 Å². The molecular weight excluding hydrogens is 190 g/mol. The molecule has 0 amide bonds. The molecule has 0 fully saturated rings. The maximum atomic E-state index is 5.37. The van der Waals surface area contributed by atoms with Crippen molar-refractivity contribution < 1.29 is 4.74 Å². The second-order valence-electron chi connectivity index (χ2n) is 3.70. The summed E-state index contributed by atoms with van der Waals surface area (Å²) in [5.74, 6) is 0. The lowest BCUT2D eigenvalue weighted by Crippen LogP contribution is -2.23. The van der Waals surface area contributed by atoms with Gasteiger partial charge in [0.05, 0.1) is 18.9 Å². The molecule has 0 aromatic carbocycles. The van der Waals surface area contributed by atoms with E-state index in [9.17, 15) is 0 Å². The van der Waals surface area contributed by atoms with E-state index >= 15 is 0 Å². The lowest BCUT2D eigenvalue weighted by molar-refractivity contribution is 0.155. The predicted octanol–water partition coefficient (Wildman–Crippen LogP) is 1.65. The van der Waals surface area contributed by atoms with Gasteiger partial charge >= 0.3 is 0 Å². The van der Waals surface area contributed by atoms with E-state index in [-0.39, 0.29) is 6.04 Å². The molecule has 1 aromatic heterocycles. The second-order valence-corrected chi connectivity index (χ2v) is 3.70. The van der Waals surface area contributed by atoms with E-state index in [1.54, 1.807) is 6.20 Å². The first-order chi connectivity index (χ1) is 7.20. The van der Waals surface area contributed by atoms with Crippen molar-refractivity contribution in [2.75, 3.05) is 19.8 Å². The van der Waals surface area contributed by atoms with E-state index < -0.39 is 0 Å². The molecule has 1 rings (SSSR count). The third-order valence-electron chi connectivity index (χ3n) is 2.03. The number of H-pyrrole nitrogens is 1. The summed E-state index contributed by atoms with van der Waals surface area (Å²) < 4.78 is 5.37. The SMILES string of the molecule is C=C(C)COCCNC(C)c1ccn[nH]1. The molecular formula is C11H19N3O. The summed E-state index contributed by atoms with van der Waals surface area (Å²) in [5, 5.41) is 10.2. The van der Waals surface area contributed by atoms with Gasteiger partial charge in [0.1, 0.15) is 0 Å². The second kappa shape index (κ2) is 6.37. The standard InChI is InChI=1S/C11H19N3O/c1-9(2)8-15-7-6-12-10(3)11-4-5-13-14-11/h4-5,10,12H,1,6-8H2,2-3H3,(H,13,14). The van der Waals surface area contributed by atoms with Gasteiger partial charge in [0.25, 0.3) is 0 Å². The molecule has 4 nitrogen and oxygen atoms in total. The van der Waals surface area contributed by atoms with Gasteiger partial charge in [0.2, 0.25) is 0 Å². The number of aromatic nitrogens is 2. The molecule has 0 bridgehead atoms. The Bertz CT molecular complexity index is 282. The Morgan fingerprint density at radius 3 is 3.13 bits per heavy atom. The summed E-state index contributed by atoms with van der Waals surface area (Å²) in [4.78, 5) is 0. The van der Waals surface area contributed by atoms with Gasteiger partial charge in [-0.05, 0) is 19.9 Å². The number of hydrogen-bond donors (Lipinski definition) is 2. The van der Waals surface area contributed by atoms with Gasteiger partial charge in [-0.25, -0.2) is 0 Å². The molecule has 15 heavy (non-hydrogen) atoms. The number of nitrogens with one attached hydrogen (secondary N) is 2. The lowest BCUT2D eigenvalue weighted by Gasteiger charge is -2.11. The summed E-state index contributed by atoms with van der Waals surface area (Å²) in [6.45, 7) is 9.98. The zero-order valence-electron chi connectivity index (χ0n) is 9.42. The third-order valence-corrected chi connectivity index (χ3v) is 2.03. The first-order valence-electron chi connectivity index (χ1n) is 5.15. The topological polar surface area (TPSA) is 49.9 Å². The highest BCUT2D eigenvalue weighted by atomic mass is 16.5. The molecule has 1 aromatic rings. The van der Waals surface area contributed by atoms with E-state index in [2.05, 4.69) is 29.0 Å². The summed E-state index contributed by atoms with van der Waals surface area (Å²) >= 11 is 0. The van der Waals surface area contributed by atoms with Crippen LogP contribution in [0.5, 0.6) is 0 Å². The third kappa shape index (κ3) is 4.76. The van der Waals surface area contributed by atoms with Crippen LogP contribution in [0, 0.1) is 0 Å². The smallest absolute Gasteiger partial charge is 0.0672 e. The van der Waals surface area contributed by atoms with Crippen LogP contribution in [0.15, 0.2) is 24.4 Å². The Hall–Kier alpha value is -1.13. The van der Waals surface area contributed by atoms with E-state index in [1.165, 1.54) is 0 Å². The highest BCUT2D eigenvalue weighted by molar-refractivity contribution is 5.02. The Labute approximate surface area is 90.7 Å². The molecule has 1 atom stereocenters. The van der Waals surface area contributed by atoms with Gasteiger partial charge in [0, 0.05) is 18.8 Å². The van der Waals surface area contributed by atoms with Crippen molar-refractivity contribution >= 4 is 0 Å². The minimum atomic E-state index is 0.279. The van der Waals surface area contributed by atoms with E-state index in [0.717, 1.165) is 17.8 Å². The zero-order chi connectivity index (χ0) is 11.1. The van der Waals surface area contributed by atoms with Gasteiger partial charge in [-0.2, -0.15) is 5.10 Å². The average Bonchev–Trinajstić information content (AvgIpc) is 2.69. The fourth-order valence-corrected chi connectivity index (χ4v) is 1.21. The van der Waals surface area contributed by atoms with Gasteiger partial charge in [0.15, 0.2) is 0 Å². The molecule has 4 heteroatoms. The predicted molar refractivity (Wildman–Crippen MR) is 60.6 cm³/mol. The minimum absolute atomic E-state index is 0.279. The largest absolute Gasteiger partial charge is 0.376 e. The Balaban J connectivity index is 2.08. The van der Waals surface area contributed by atoms with Crippen LogP contribution in [0.4, 0.5) is 0 Å². The van der Waals surface area contributed by atoms with Crippen LogP contribution < -0.4 is 5.32 Å². The fourth-order valence-electron chi connectivity index (χ4n) is 1.21. The molecule has 0 spiro atoms. The van der Waals surface area contributed by atoms with Crippen LogP contribution in [-0.2, 0) is 4.74 Å². The van der Waals surface area contributed by atoms with Gasteiger partial charge in [-0.15, -0.1) is 0 Å². The number of aromatic amines is 1. The number of ether oxygens (including phenoxy) is 1. The molecule has 1 heterocycles. The van der Waals surface area contributed by atoms with E-state index in [0.29, 0.717) is 13.2 Å². The van der Waals surface area contributed by atoms with Gasteiger partial charge in [-0.3, -0.25) is 5.10 Å². The summed E-state index contributed by atoms with van der Waals surface area (Å²) in [7, 11) is 0. The molecule has 1 unspecified atom stereocenters. The number of nitrogens with zero attached hydrogens (tertiary/aromatic N) is 1. The van der Waals surface area contributed by atoms with Crippen LogP contribution in [0.1, 0.15) is 25.6 Å². The Morgan fingerprint density at radius 2 is 2.53 bits per heavy atom. The maximum absolute atomic E-state index is 5.37. The number of rotatable bonds is 7. The van der Waals surface area contributed by atoms with E-state index in [1.807, 2.05) is 13.0 Å². The molecule has 0 aliphatic heterocycles. The summed E-state index contributed by atoms with van der Waals surface area (Å²) in [6, 6.07) is 2.24. The summed E-state index contributed by atoms with van der Waals surface area (Å²) in [5.41, 5.74) is 2.14. The van der Waals surface area contributed by atoms with Crippen LogP contribution in [-0.4, -0.2) is 30.0 Å². The normalized spacial score (nSPS) is 12.7. The fraction of sp³-hybridized carbons (Fsp3) is 0.545. The molecule has 2 N–H and O–H groups in total.